The van der Waals surface area contributed by atoms with Crippen molar-refractivity contribution >= 4 is 17.3 Å². The third-order valence-electron chi connectivity index (χ3n) is 2.60. The van der Waals surface area contributed by atoms with E-state index in [1.165, 1.54) is 7.11 Å². The van der Waals surface area contributed by atoms with Crippen LogP contribution in [0.3, 0.4) is 0 Å². The predicted octanol–water partition coefficient (Wildman–Crippen LogP) is 1.70. The molecule has 0 bridgehead atoms. The van der Waals surface area contributed by atoms with E-state index in [1.807, 2.05) is 31.2 Å². The number of nitrogens with zero attached hydrogens (tertiary/aromatic N) is 1. The van der Waals surface area contributed by atoms with Gasteiger partial charge in [0.1, 0.15) is 0 Å². The molecule has 0 radical (unpaired) electrons. The van der Waals surface area contributed by atoms with E-state index in [1.54, 1.807) is 11.9 Å². The van der Waals surface area contributed by atoms with Crippen molar-refractivity contribution in [3.05, 3.63) is 35.4 Å². The number of carbonyl (C=O) groups excluding carboxylic acids is 1. The highest BCUT2D eigenvalue weighted by atomic mass is 32.2. The average molecular weight is 285 g/mol. The Labute approximate surface area is 116 Å². The van der Waals surface area contributed by atoms with Gasteiger partial charge in [-0.2, -0.15) is 4.21 Å². The van der Waals surface area contributed by atoms with Crippen molar-refractivity contribution in [2.45, 2.75) is 13.3 Å². The largest absolute Gasteiger partial charge is 0.342 e. The first-order valence-electron chi connectivity index (χ1n) is 5.96. The number of benzene rings is 1. The first-order chi connectivity index (χ1) is 9.04. The van der Waals surface area contributed by atoms with Gasteiger partial charge in [0.25, 0.3) is 5.91 Å². The van der Waals surface area contributed by atoms with E-state index in [0.717, 1.165) is 5.56 Å². The lowest BCUT2D eigenvalue weighted by Gasteiger charge is -2.17. The molecule has 1 aromatic carbocycles. The molecule has 0 spiro atoms. The molecule has 106 valence electrons. The van der Waals surface area contributed by atoms with E-state index >= 15 is 0 Å². The number of aryl methyl sites for hydroxylation is 1. The topological polar surface area (TPSA) is 55.8 Å². The molecule has 0 N–H and O–H groups in total. The Morgan fingerprint density at radius 3 is 2.53 bits per heavy atom. The first kappa shape index (κ1) is 15.8. The molecule has 1 aromatic rings. The van der Waals surface area contributed by atoms with Crippen LogP contribution in [0.2, 0.25) is 0 Å². The minimum absolute atomic E-state index is 0.0344. The van der Waals surface area contributed by atoms with Crippen molar-refractivity contribution in [2.75, 3.05) is 27.3 Å². The molecule has 1 amide bonds. The molecule has 1 rings (SSSR count). The molecule has 1 unspecified atom stereocenters. The van der Waals surface area contributed by atoms with Gasteiger partial charge in [-0.1, -0.05) is 17.7 Å². The highest BCUT2D eigenvalue weighted by Crippen LogP contribution is 2.06. The highest BCUT2D eigenvalue weighted by molar-refractivity contribution is 7.75. The van der Waals surface area contributed by atoms with Crippen LogP contribution in [0.15, 0.2) is 24.3 Å². The predicted molar refractivity (Wildman–Crippen MR) is 73.9 cm³/mol. The molecule has 5 nitrogen and oxygen atoms in total. The molecular weight excluding hydrogens is 266 g/mol. The zero-order valence-corrected chi connectivity index (χ0v) is 12.2. The van der Waals surface area contributed by atoms with E-state index in [0.29, 0.717) is 18.5 Å². The number of amides is 1. The van der Waals surface area contributed by atoms with Crippen LogP contribution in [0.1, 0.15) is 22.3 Å². The lowest BCUT2D eigenvalue weighted by atomic mass is 10.1. The molecule has 1 atom stereocenters. The summed E-state index contributed by atoms with van der Waals surface area (Å²) in [5, 5.41) is 0. The molecule has 6 heteroatoms. The smallest absolute Gasteiger partial charge is 0.304 e. The molecule has 0 fully saturated rings. The van der Waals surface area contributed by atoms with Gasteiger partial charge in [0.05, 0.1) is 13.7 Å². The van der Waals surface area contributed by atoms with Crippen LogP contribution in [-0.2, 0) is 19.7 Å². The Balaban J connectivity index is 2.36. The van der Waals surface area contributed by atoms with Gasteiger partial charge in [0.2, 0.25) is 0 Å². The van der Waals surface area contributed by atoms with E-state index < -0.39 is 11.4 Å². The molecule has 0 heterocycles. The second-order valence-corrected chi connectivity index (χ2v) is 5.12. The summed E-state index contributed by atoms with van der Waals surface area (Å²) in [4.78, 5) is 13.7. The fourth-order valence-corrected chi connectivity index (χ4v) is 1.85. The monoisotopic (exact) mass is 285 g/mol. The lowest BCUT2D eigenvalue weighted by Crippen LogP contribution is -2.28. The van der Waals surface area contributed by atoms with Crippen LogP contribution in [0.5, 0.6) is 0 Å². The summed E-state index contributed by atoms with van der Waals surface area (Å²) < 4.78 is 20.1. The summed E-state index contributed by atoms with van der Waals surface area (Å²) in [6.07, 6.45) is 0.600. The fourth-order valence-electron chi connectivity index (χ4n) is 1.49. The van der Waals surface area contributed by atoms with Crippen molar-refractivity contribution in [3.63, 3.8) is 0 Å². The van der Waals surface area contributed by atoms with Crippen LogP contribution in [-0.4, -0.2) is 42.3 Å². The summed E-state index contributed by atoms with van der Waals surface area (Å²) in [5.74, 6) is -0.0344. The van der Waals surface area contributed by atoms with Gasteiger partial charge in [-0.05, 0) is 25.5 Å². The van der Waals surface area contributed by atoms with E-state index in [-0.39, 0.29) is 12.5 Å². The molecular formula is C13H19NO4S. The maximum atomic E-state index is 12.0. The molecule has 0 aliphatic heterocycles. The summed E-state index contributed by atoms with van der Waals surface area (Å²) >= 11 is -1.69. The van der Waals surface area contributed by atoms with Crippen molar-refractivity contribution in [2.24, 2.45) is 0 Å². The van der Waals surface area contributed by atoms with Crippen molar-refractivity contribution in [3.8, 4) is 0 Å². The third kappa shape index (κ3) is 5.50. The van der Waals surface area contributed by atoms with Crippen LogP contribution >= 0.6 is 0 Å². The van der Waals surface area contributed by atoms with Gasteiger partial charge in [0, 0.05) is 19.2 Å². The normalized spacial score (nSPS) is 12.2. The third-order valence-corrected chi connectivity index (χ3v) is 3.23. The Morgan fingerprint density at radius 2 is 1.95 bits per heavy atom. The van der Waals surface area contributed by atoms with Gasteiger partial charge in [-0.25, -0.2) is 0 Å². The minimum Gasteiger partial charge on any atom is -0.342 e. The number of hydrogen-bond acceptors (Lipinski definition) is 4. The van der Waals surface area contributed by atoms with Gasteiger partial charge >= 0.3 is 11.4 Å². The molecule has 0 saturated heterocycles. The van der Waals surface area contributed by atoms with Gasteiger partial charge in [0.15, 0.2) is 0 Å². The molecule has 0 saturated carbocycles. The highest BCUT2D eigenvalue weighted by Gasteiger charge is 2.10. The van der Waals surface area contributed by atoms with Crippen molar-refractivity contribution in [1.29, 1.82) is 0 Å². The maximum Gasteiger partial charge on any atom is 0.304 e. The van der Waals surface area contributed by atoms with Gasteiger partial charge < -0.3 is 4.90 Å². The number of carbonyl (C=O) groups is 1. The van der Waals surface area contributed by atoms with Gasteiger partial charge in [-0.15, -0.1) is 0 Å². The summed E-state index contributed by atoms with van der Waals surface area (Å²) in [7, 11) is 3.04. The van der Waals surface area contributed by atoms with E-state index in [2.05, 4.69) is 4.18 Å². The Bertz CT molecular complexity index is 433. The van der Waals surface area contributed by atoms with Crippen molar-refractivity contribution < 1.29 is 17.4 Å². The molecule has 0 aliphatic rings. The SMILES string of the molecule is COS(=O)OCCCN(C)C(=O)c1ccc(C)cc1. The number of rotatable bonds is 7. The maximum absolute atomic E-state index is 12.0. The summed E-state index contributed by atoms with van der Waals surface area (Å²) in [6, 6.07) is 7.44. The van der Waals surface area contributed by atoms with Crippen LogP contribution in [0.4, 0.5) is 0 Å². The zero-order valence-electron chi connectivity index (χ0n) is 11.4. The Kier molecular flexibility index (Phi) is 6.69. The molecule has 0 aliphatic carbocycles. The minimum atomic E-state index is -1.69. The van der Waals surface area contributed by atoms with Gasteiger partial charge in [-0.3, -0.25) is 13.2 Å². The quantitative estimate of drug-likeness (QED) is 0.716. The summed E-state index contributed by atoms with van der Waals surface area (Å²) in [5.41, 5.74) is 1.78. The fraction of sp³-hybridized carbons (Fsp3) is 0.462. The Hall–Kier alpha value is -1.24. The number of hydrogen-bond donors (Lipinski definition) is 0. The average Bonchev–Trinajstić information content (AvgIpc) is 2.43. The van der Waals surface area contributed by atoms with Crippen LogP contribution in [0.25, 0.3) is 0 Å². The lowest BCUT2D eigenvalue weighted by molar-refractivity contribution is 0.0788. The summed E-state index contributed by atoms with van der Waals surface area (Å²) in [6.45, 7) is 2.80. The van der Waals surface area contributed by atoms with Crippen molar-refractivity contribution in [1.82, 2.24) is 4.90 Å². The second-order valence-electron chi connectivity index (χ2n) is 4.14. The first-order valence-corrected chi connectivity index (χ1v) is 6.96. The molecule has 19 heavy (non-hydrogen) atoms. The zero-order chi connectivity index (χ0) is 14.3. The Morgan fingerprint density at radius 1 is 1.32 bits per heavy atom. The van der Waals surface area contributed by atoms with E-state index in [4.69, 9.17) is 4.18 Å². The molecule has 0 aromatic heterocycles. The second kappa shape index (κ2) is 8.04. The van der Waals surface area contributed by atoms with E-state index in [9.17, 15) is 9.00 Å². The standard InChI is InChI=1S/C13H19NO4S/c1-11-5-7-12(8-6-11)13(15)14(2)9-4-10-18-19(16)17-3/h5-8H,4,9-10H2,1-3H3. The van der Waals surface area contributed by atoms with Crippen LogP contribution < -0.4 is 0 Å². The van der Waals surface area contributed by atoms with Crippen LogP contribution in [0, 0.1) is 6.92 Å².